The van der Waals surface area contributed by atoms with Crippen LogP contribution in [0.25, 0.3) is 0 Å². The Bertz CT molecular complexity index is 815. The van der Waals surface area contributed by atoms with E-state index < -0.39 is 6.60 Å². The molecule has 0 nitrogen and oxygen atoms in total. The average Bonchev–Trinajstić information content (AvgIpc) is 2.70. The molecule has 0 fully saturated rings. The Kier molecular flexibility index (Phi) is 4.41. The first-order valence-corrected chi connectivity index (χ1v) is 12.3. The molecule has 0 bridgehead atoms. The van der Waals surface area contributed by atoms with E-state index in [0.717, 1.165) is 12.8 Å². The van der Waals surface area contributed by atoms with Gasteiger partial charge in [0.2, 0.25) is 0 Å². The summed E-state index contributed by atoms with van der Waals surface area (Å²) >= 11 is 4.29. The molecule has 3 aromatic carbocycles. The molecule has 0 saturated heterocycles. The van der Waals surface area contributed by atoms with E-state index in [2.05, 4.69) is 126 Å². The van der Waals surface area contributed by atoms with E-state index in [9.17, 15) is 0 Å². The molecule has 1 aliphatic heterocycles. The van der Waals surface area contributed by atoms with Crippen LogP contribution < -0.4 is 15.9 Å². The van der Waals surface area contributed by atoms with Gasteiger partial charge in [-0.3, -0.25) is 0 Å². The number of hydrogen-bond donors (Lipinski definition) is 0. The molecule has 3 aromatic rings. The minimum absolute atomic E-state index is 0.0442. The van der Waals surface area contributed by atoms with Crippen LogP contribution in [0.1, 0.15) is 19.8 Å². The van der Waals surface area contributed by atoms with Gasteiger partial charge < -0.3 is 0 Å². The van der Waals surface area contributed by atoms with E-state index >= 15 is 0 Å². The third-order valence-electron chi connectivity index (χ3n) is 6.02. The van der Waals surface area contributed by atoms with Crippen molar-refractivity contribution in [2.75, 3.05) is 0 Å². The molecule has 1 unspecified atom stereocenters. The predicted octanol–water partition coefficient (Wildman–Crippen LogP) is 5.93. The molecule has 0 radical (unpaired) electrons. The Balaban J connectivity index is 2.27. The number of halogens is 1. The molecule has 2 heteroatoms. The second kappa shape index (κ2) is 6.48. The topological polar surface area (TPSA) is 0 Å². The Morgan fingerprint density at radius 3 is 1.42 bits per heavy atom. The molecule has 1 atom stereocenters. The van der Waals surface area contributed by atoms with E-state index in [1.807, 2.05) is 0 Å². The average molecular weight is 423 g/mol. The van der Waals surface area contributed by atoms with Crippen LogP contribution in [0.5, 0.6) is 0 Å². The van der Waals surface area contributed by atoms with Crippen LogP contribution in [0, 0.1) is 0 Å². The molecule has 0 amide bonds. The van der Waals surface area contributed by atoms with Gasteiger partial charge in [0, 0.05) is 0 Å². The minimum atomic E-state index is -2.87. The van der Waals surface area contributed by atoms with Gasteiger partial charge in [0.25, 0.3) is 0 Å². The van der Waals surface area contributed by atoms with Crippen molar-refractivity contribution in [1.82, 2.24) is 0 Å². The Hall–Kier alpha value is -1.69. The van der Waals surface area contributed by atoms with Gasteiger partial charge in [-0.15, -0.1) is 0 Å². The normalized spacial score (nSPS) is 25.1. The summed E-state index contributed by atoms with van der Waals surface area (Å²) in [6.45, 7) is -0.467. The van der Waals surface area contributed by atoms with Gasteiger partial charge >= 0.3 is 165 Å². The molecule has 0 aliphatic carbocycles. The van der Waals surface area contributed by atoms with E-state index in [1.165, 1.54) is 15.9 Å². The summed E-state index contributed by atoms with van der Waals surface area (Å²) in [4.78, 5) is 0. The number of rotatable bonds is 3. The van der Waals surface area contributed by atoms with Gasteiger partial charge in [0.15, 0.2) is 0 Å². The zero-order valence-electron chi connectivity index (χ0n) is 15.1. The Morgan fingerprint density at radius 2 is 1.08 bits per heavy atom. The Morgan fingerprint density at radius 1 is 0.692 bits per heavy atom. The summed E-state index contributed by atoms with van der Waals surface area (Å²) in [5.41, 5.74) is 0. The van der Waals surface area contributed by atoms with Gasteiger partial charge in [-0.05, 0) is 0 Å². The van der Waals surface area contributed by atoms with Crippen molar-refractivity contribution < 1.29 is 0 Å². The zero-order chi connectivity index (χ0) is 18.1. The summed E-state index contributed by atoms with van der Waals surface area (Å²) in [5.74, 6) is 2.57. The fourth-order valence-electron chi connectivity index (χ4n) is 4.75. The molecular formula is C24H24BrP. The van der Waals surface area contributed by atoms with Crippen LogP contribution in [-0.2, 0) is 0 Å². The van der Waals surface area contributed by atoms with E-state index in [-0.39, 0.29) is 4.07 Å². The molecule has 26 heavy (non-hydrogen) atoms. The molecule has 0 N–H and O–H groups in total. The van der Waals surface area contributed by atoms with Crippen LogP contribution in [0.4, 0.5) is 0 Å². The molecule has 1 heterocycles. The van der Waals surface area contributed by atoms with Crippen LogP contribution in [0.15, 0.2) is 103 Å². The van der Waals surface area contributed by atoms with E-state index in [0.29, 0.717) is 0 Å². The second-order valence-corrected chi connectivity index (χ2v) is 14.8. The number of hydrogen-bond acceptors (Lipinski definition) is 0. The molecule has 4 rings (SSSR count). The summed E-state index contributed by atoms with van der Waals surface area (Å²) in [6.07, 6.45) is 4.62. The molecule has 0 saturated carbocycles. The molecular weight excluding hydrogens is 399 g/mol. The predicted molar refractivity (Wildman–Crippen MR) is 121 cm³/mol. The zero-order valence-corrected chi connectivity index (χ0v) is 17.5. The van der Waals surface area contributed by atoms with Crippen molar-refractivity contribution in [3.05, 3.63) is 103 Å². The van der Waals surface area contributed by atoms with Crippen molar-refractivity contribution in [2.45, 2.75) is 23.8 Å². The quantitative estimate of drug-likeness (QED) is 0.362. The van der Waals surface area contributed by atoms with Crippen LogP contribution in [0.2, 0.25) is 0 Å². The van der Waals surface area contributed by atoms with Crippen molar-refractivity contribution in [2.24, 2.45) is 0 Å². The third-order valence-corrected chi connectivity index (χ3v) is 15.7. The van der Waals surface area contributed by atoms with Crippen molar-refractivity contribution in [3.8, 4) is 0 Å². The van der Waals surface area contributed by atoms with Gasteiger partial charge in [-0.2, -0.15) is 0 Å². The van der Waals surface area contributed by atoms with Crippen molar-refractivity contribution in [1.29, 1.82) is 0 Å². The summed E-state index contributed by atoms with van der Waals surface area (Å²) in [5, 5.41) is 4.27. The fraction of sp³-hybridized carbons (Fsp3) is 0.167. The first kappa shape index (κ1) is 17.7. The van der Waals surface area contributed by atoms with Crippen LogP contribution in [0.3, 0.4) is 0 Å². The van der Waals surface area contributed by atoms with Crippen LogP contribution in [-0.4, -0.2) is 4.07 Å². The SMILES string of the molecule is CC1(Br)CCC=CP1(c1ccccc1)(c1ccccc1)c1ccccc1. The third kappa shape index (κ3) is 2.17. The van der Waals surface area contributed by atoms with Crippen LogP contribution >= 0.6 is 22.5 Å². The maximum absolute atomic E-state index is 4.29. The first-order chi connectivity index (χ1) is 12.6. The maximum atomic E-state index is 4.29. The number of alkyl halides is 1. The molecule has 0 aromatic heterocycles. The van der Waals surface area contributed by atoms with Crippen molar-refractivity contribution >= 4 is 38.4 Å². The van der Waals surface area contributed by atoms with E-state index in [4.69, 9.17) is 0 Å². The van der Waals surface area contributed by atoms with E-state index in [1.54, 1.807) is 0 Å². The van der Waals surface area contributed by atoms with Gasteiger partial charge in [-0.1, -0.05) is 0 Å². The van der Waals surface area contributed by atoms with Gasteiger partial charge in [-0.25, -0.2) is 0 Å². The standard InChI is InChI=1S/C24H24BrP/c1-24(25)19-11-12-20-26(24,21-13-5-2-6-14-21,22-15-7-3-8-16-22)23-17-9-4-10-18-23/h2-10,12-18,20H,11,19H2,1H3. The molecule has 132 valence electrons. The fourth-order valence-corrected chi connectivity index (χ4v) is 14.0. The van der Waals surface area contributed by atoms with Gasteiger partial charge in [0.05, 0.1) is 0 Å². The van der Waals surface area contributed by atoms with Gasteiger partial charge in [0.1, 0.15) is 0 Å². The second-order valence-electron chi connectivity index (χ2n) is 7.26. The summed E-state index contributed by atoms with van der Waals surface area (Å²) in [7, 11) is 0. The summed E-state index contributed by atoms with van der Waals surface area (Å²) in [6, 6.07) is 33.4. The number of benzene rings is 3. The monoisotopic (exact) mass is 422 g/mol. The first-order valence-electron chi connectivity index (χ1n) is 9.17. The molecule has 1 aliphatic rings. The summed E-state index contributed by atoms with van der Waals surface area (Å²) < 4.78 is -0.0442. The Labute approximate surface area is 165 Å². The molecule has 0 spiro atoms. The number of allylic oxidation sites excluding steroid dienone is 1. The van der Waals surface area contributed by atoms with Crippen molar-refractivity contribution in [3.63, 3.8) is 0 Å².